The largest absolute Gasteiger partial charge is 0.302 e. The second-order valence-electron chi connectivity index (χ2n) is 8.00. The van der Waals surface area contributed by atoms with Crippen LogP contribution in [0.5, 0.6) is 0 Å². The van der Waals surface area contributed by atoms with Gasteiger partial charge in [-0.25, -0.2) is 12.4 Å². The van der Waals surface area contributed by atoms with Crippen LogP contribution in [0, 0.1) is 6.92 Å². The third-order valence-electron chi connectivity index (χ3n) is 5.74. The summed E-state index contributed by atoms with van der Waals surface area (Å²) >= 11 is 1.62. The molecule has 2 heterocycles. The fraction of sp³-hybridized carbons (Fsp3) is 0.154. The summed E-state index contributed by atoms with van der Waals surface area (Å²) in [6.45, 7) is 4.79. The van der Waals surface area contributed by atoms with Crippen molar-refractivity contribution in [2.45, 2.75) is 36.2 Å². The van der Waals surface area contributed by atoms with E-state index in [9.17, 15) is 8.42 Å². The van der Waals surface area contributed by atoms with E-state index in [1.807, 2.05) is 35.8 Å². The van der Waals surface area contributed by atoms with E-state index < -0.39 is 10.0 Å². The van der Waals surface area contributed by atoms with Crippen molar-refractivity contribution in [2.75, 3.05) is 0 Å². The van der Waals surface area contributed by atoms with Gasteiger partial charge >= 0.3 is 0 Å². The number of hydrogen-bond acceptors (Lipinski definition) is 5. The zero-order valence-electron chi connectivity index (χ0n) is 18.9. The van der Waals surface area contributed by atoms with Crippen LogP contribution >= 0.6 is 11.8 Å². The molecule has 0 aliphatic rings. The van der Waals surface area contributed by atoms with Gasteiger partial charge in [-0.05, 0) is 37.6 Å². The molecule has 0 unspecified atom stereocenters. The Labute approximate surface area is 203 Å². The van der Waals surface area contributed by atoms with Gasteiger partial charge in [0.15, 0.2) is 11.0 Å². The molecule has 2 aromatic heterocycles. The topological polar surface area (TPSA) is 69.8 Å². The number of para-hydroxylation sites is 1. The number of rotatable bonds is 7. The average Bonchev–Trinajstić information content (AvgIpc) is 3.45. The van der Waals surface area contributed by atoms with Gasteiger partial charge < -0.3 is 4.57 Å². The molecule has 5 rings (SSSR count). The maximum Gasteiger partial charge on any atom is 0.268 e. The van der Waals surface area contributed by atoms with Crippen LogP contribution in [0.2, 0.25) is 0 Å². The highest BCUT2D eigenvalue weighted by atomic mass is 32.2. The quantitative estimate of drug-likeness (QED) is 0.273. The standard InChI is InChI=1S/C26H24N4O2S2/c1-3-29-25(27-28-26(29)33-18-20-15-13-19(2)14-16-20)23-17-30(24-12-8-7-11-22(23)24)34(31,32)21-9-5-4-6-10-21/h4-17H,3,18H2,1-2H3. The van der Waals surface area contributed by atoms with Gasteiger partial charge in [-0.2, -0.15) is 0 Å². The van der Waals surface area contributed by atoms with Crippen molar-refractivity contribution in [1.29, 1.82) is 0 Å². The Morgan fingerprint density at radius 1 is 0.882 bits per heavy atom. The van der Waals surface area contributed by atoms with Crippen LogP contribution < -0.4 is 0 Å². The normalized spacial score (nSPS) is 11.8. The lowest BCUT2D eigenvalue weighted by molar-refractivity contribution is 0.589. The van der Waals surface area contributed by atoms with Gasteiger partial charge in [0.2, 0.25) is 0 Å². The molecule has 0 aliphatic carbocycles. The van der Waals surface area contributed by atoms with Crippen LogP contribution in [0.25, 0.3) is 22.3 Å². The first-order chi connectivity index (χ1) is 16.5. The van der Waals surface area contributed by atoms with Crippen LogP contribution in [0.3, 0.4) is 0 Å². The summed E-state index contributed by atoms with van der Waals surface area (Å²) in [5.41, 5.74) is 3.80. The number of benzene rings is 3. The highest BCUT2D eigenvalue weighted by molar-refractivity contribution is 7.98. The van der Waals surface area contributed by atoms with Crippen molar-refractivity contribution in [2.24, 2.45) is 0 Å². The number of fused-ring (bicyclic) bond motifs is 1. The average molecular weight is 489 g/mol. The van der Waals surface area contributed by atoms with E-state index in [-0.39, 0.29) is 4.90 Å². The highest BCUT2D eigenvalue weighted by Crippen LogP contribution is 2.34. The van der Waals surface area contributed by atoms with Crippen molar-refractivity contribution < 1.29 is 8.42 Å². The molecule has 0 atom stereocenters. The molecule has 0 saturated heterocycles. The molecule has 0 amide bonds. The highest BCUT2D eigenvalue weighted by Gasteiger charge is 2.24. The van der Waals surface area contributed by atoms with Crippen molar-refractivity contribution >= 4 is 32.7 Å². The third-order valence-corrected chi connectivity index (χ3v) is 8.47. The van der Waals surface area contributed by atoms with Gasteiger partial charge in [0.05, 0.1) is 10.4 Å². The molecule has 0 bridgehead atoms. The van der Waals surface area contributed by atoms with Crippen molar-refractivity contribution in [3.8, 4) is 11.4 Å². The van der Waals surface area contributed by atoms with Crippen molar-refractivity contribution in [3.63, 3.8) is 0 Å². The van der Waals surface area contributed by atoms with Crippen LogP contribution in [0.1, 0.15) is 18.1 Å². The summed E-state index contributed by atoms with van der Waals surface area (Å²) in [5, 5.41) is 10.6. The van der Waals surface area contributed by atoms with E-state index in [1.54, 1.807) is 48.3 Å². The minimum Gasteiger partial charge on any atom is -0.302 e. The number of aromatic nitrogens is 4. The predicted molar refractivity (Wildman–Crippen MR) is 136 cm³/mol. The monoisotopic (exact) mass is 488 g/mol. The number of aryl methyl sites for hydroxylation is 1. The maximum atomic E-state index is 13.5. The van der Waals surface area contributed by atoms with Crippen molar-refractivity contribution in [1.82, 2.24) is 18.7 Å². The molecule has 6 nitrogen and oxygen atoms in total. The Morgan fingerprint density at radius 2 is 1.59 bits per heavy atom. The minimum atomic E-state index is -3.76. The fourth-order valence-corrected chi connectivity index (χ4v) is 6.29. The Hall–Kier alpha value is -3.36. The van der Waals surface area contributed by atoms with E-state index in [0.717, 1.165) is 21.9 Å². The number of nitrogens with zero attached hydrogens (tertiary/aromatic N) is 4. The van der Waals surface area contributed by atoms with E-state index in [0.29, 0.717) is 17.9 Å². The predicted octanol–water partition coefficient (Wildman–Crippen LogP) is 5.76. The van der Waals surface area contributed by atoms with Crippen LogP contribution in [-0.2, 0) is 22.3 Å². The molecule has 0 spiro atoms. The number of hydrogen-bond donors (Lipinski definition) is 0. The first-order valence-corrected chi connectivity index (χ1v) is 13.4. The zero-order chi connectivity index (χ0) is 23.7. The van der Waals surface area contributed by atoms with E-state index in [2.05, 4.69) is 41.4 Å². The van der Waals surface area contributed by atoms with Gasteiger partial charge in [0.25, 0.3) is 10.0 Å². The smallest absolute Gasteiger partial charge is 0.268 e. The molecule has 5 aromatic rings. The van der Waals surface area contributed by atoms with E-state index in [1.165, 1.54) is 15.1 Å². The number of thioether (sulfide) groups is 1. The van der Waals surface area contributed by atoms with Crippen LogP contribution in [0.15, 0.2) is 95.1 Å². The molecule has 34 heavy (non-hydrogen) atoms. The SMILES string of the molecule is CCn1c(SCc2ccc(C)cc2)nnc1-c1cn(S(=O)(=O)c2ccccc2)c2ccccc12. The summed E-state index contributed by atoms with van der Waals surface area (Å²) in [5.74, 6) is 1.44. The van der Waals surface area contributed by atoms with Crippen molar-refractivity contribution in [3.05, 3.63) is 96.2 Å². The first kappa shape index (κ1) is 22.4. The summed E-state index contributed by atoms with van der Waals surface area (Å²) < 4.78 is 30.3. The Morgan fingerprint density at radius 3 is 2.32 bits per heavy atom. The van der Waals surface area contributed by atoms with Gasteiger partial charge in [0.1, 0.15) is 0 Å². The molecule has 172 valence electrons. The minimum absolute atomic E-state index is 0.244. The Bertz CT molecular complexity index is 1550. The van der Waals surface area contributed by atoms with Gasteiger partial charge in [-0.1, -0.05) is 78.0 Å². The summed E-state index contributed by atoms with van der Waals surface area (Å²) in [6.07, 6.45) is 1.66. The molecular weight excluding hydrogens is 464 g/mol. The van der Waals surface area contributed by atoms with E-state index in [4.69, 9.17) is 0 Å². The maximum absolute atomic E-state index is 13.5. The molecule has 0 fully saturated rings. The fourth-order valence-electron chi connectivity index (χ4n) is 3.94. The Kier molecular flexibility index (Phi) is 6.02. The van der Waals surface area contributed by atoms with E-state index >= 15 is 0 Å². The third kappa shape index (κ3) is 4.03. The van der Waals surface area contributed by atoms with Gasteiger partial charge in [-0.3, -0.25) is 0 Å². The summed E-state index contributed by atoms with van der Waals surface area (Å²) in [6, 6.07) is 24.4. The molecule has 0 radical (unpaired) electrons. The first-order valence-electron chi connectivity index (χ1n) is 11.0. The lowest BCUT2D eigenvalue weighted by Gasteiger charge is -2.07. The molecular formula is C26H24N4O2S2. The molecule has 3 aromatic carbocycles. The summed E-state index contributed by atoms with van der Waals surface area (Å²) in [7, 11) is -3.76. The Balaban J connectivity index is 1.57. The second kappa shape index (κ2) is 9.12. The molecule has 8 heteroatoms. The zero-order valence-corrected chi connectivity index (χ0v) is 20.6. The van der Waals surface area contributed by atoms with Gasteiger partial charge in [0, 0.05) is 29.4 Å². The lowest BCUT2D eigenvalue weighted by Crippen LogP contribution is -2.11. The second-order valence-corrected chi connectivity index (χ2v) is 10.8. The molecule has 0 saturated carbocycles. The molecule has 0 N–H and O–H groups in total. The van der Waals surface area contributed by atoms with Gasteiger partial charge in [-0.15, -0.1) is 10.2 Å². The van der Waals surface area contributed by atoms with Crippen LogP contribution in [-0.4, -0.2) is 27.2 Å². The molecule has 0 aliphatic heterocycles. The summed E-state index contributed by atoms with van der Waals surface area (Å²) in [4.78, 5) is 0.244. The lowest BCUT2D eigenvalue weighted by atomic mass is 10.1. The van der Waals surface area contributed by atoms with Crippen LogP contribution in [0.4, 0.5) is 0 Å².